The average Bonchev–Trinajstić information content (AvgIpc) is 3.21. The molecule has 0 bridgehead atoms. The molecule has 1 aliphatic heterocycles. The SMILES string of the molecule is [2H]c1c([2H])c2c([2H])c([2H])c3c([2H])c([2H])c(-c4cccc5ccc(-c6ccc7c8c(cccc68)-c6ccc8ccccc8c6O7)cc45)c4c([2H])c([2H])c(c1[2H])c2c34. The lowest BCUT2D eigenvalue weighted by Crippen LogP contribution is -1.98. The maximum atomic E-state index is 9.40. The number of fused-ring (bicyclic) bond motifs is 5. The molecule has 1 aliphatic rings. The lowest BCUT2D eigenvalue weighted by Gasteiger charge is -2.24. The molecule has 216 valence electrons. The van der Waals surface area contributed by atoms with Crippen LogP contribution >= 0.6 is 0 Å². The fraction of sp³-hybridized carbons (Fsp3) is 0. The van der Waals surface area contributed by atoms with Gasteiger partial charge in [0.15, 0.2) is 0 Å². The van der Waals surface area contributed by atoms with E-state index in [9.17, 15) is 4.11 Å². The van der Waals surface area contributed by atoms with Crippen molar-refractivity contribution in [2.45, 2.75) is 0 Å². The van der Waals surface area contributed by atoms with Crippen LogP contribution < -0.4 is 4.74 Å². The Bertz CT molecular complexity index is 3420. The summed E-state index contributed by atoms with van der Waals surface area (Å²) in [4.78, 5) is 0. The van der Waals surface area contributed by atoms with Crippen molar-refractivity contribution in [2.75, 3.05) is 0 Å². The Kier molecular flexibility index (Phi) is 3.54. The maximum Gasteiger partial charge on any atom is 0.143 e. The largest absolute Gasteiger partial charge is 0.455 e. The second kappa shape index (κ2) is 9.19. The van der Waals surface area contributed by atoms with Gasteiger partial charge in [0.2, 0.25) is 0 Å². The van der Waals surface area contributed by atoms with Crippen LogP contribution in [0.25, 0.3) is 98.0 Å². The van der Waals surface area contributed by atoms with Crippen molar-refractivity contribution in [1.29, 1.82) is 0 Å². The van der Waals surface area contributed by atoms with Gasteiger partial charge in [-0.15, -0.1) is 0 Å². The van der Waals surface area contributed by atoms with Gasteiger partial charge in [0, 0.05) is 16.3 Å². The summed E-state index contributed by atoms with van der Waals surface area (Å²) in [7, 11) is 0. The topological polar surface area (TPSA) is 9.23 Å². The van der Waals surface area contributed by atoms with Gasteiger partial charge < -0.3 is 4.74 Å². The predicted octanol–water partition coefficient (Wildman–Crippen LogP) is 13.2. The summed E-state index contributed by atoms with van der Waals surface area (Å²) in [6.45, 7) is 0. The highest BCUT2D eigenvalue weighted by Gasteiger charge is 2.23. The molecule has 10 aromatic carbocycles. The number of hydrogen-bond acceptors (Lipinski definition) is 1. The van der Waals surface area contributed by atoms with E-state index in [2.05, 4.69) is 48.5 Å². The Morgan fingerprint density at radius 3 is 2.02 bits per heavy atom. The van der Waals surface area contributed by atoms with Crippen LogP contribution in [0.3, 0.4) is 0 Å². The van der Waals surface area contributed by atoms with Crippen molar-refractivity contribution in [3.8, 4) is 44.9 Å². The summed E-state index contributed by atoms with van der Waals surface area (Å²) >= 11 is 0. The van der Waals surface area contributed by atoms with Crippen LogP contribution in [0, 0.1) is 0 Å². The summed E-state index contributed by atoms with van der Waals surface area (Å²) in [5, 5.41) is 6.05. The summed E-state index contributed by atoms with van der Waals surface area (Å²) in [6.07, 6.45) is 0. The summed E-state index contributed by atoms with van der Waals surface area (Å²) < 4.78 is 87.3. The van der Waals surface area contributed by atoms with Crippen molar-refractivity contribution in [2.24, 2.45) is 0 Å². The molecule has 1 heteroatoms. The minimum Gasteiger partial charge on any atom is -0.455 e. The molecule has 0 spiro atoms. The van der Waals surface area contributed by atoms with E-state index in [0.29, 0.717) is 5.56 Å². The number of rotatable bonds is 2. The van der Waals surface area contributed by atoms with Crippen LogP contribution in [0.5, 0.6) is 11.5 Å². The standard InChI is InChI=1S/C46H26O/c1-2-10-34-27(6-1)18-23-40-38-13-5-12-37-33(24-25-42(45(37)38)47-46(34)40)32-17-14-28-7-4-11-35(41(28)26-32)36-21-19-31-16-15-29-8-3-9-30-20-22-39(36)44(31)43(29)30/h1-26H/i3D,8D,9D,15D,16D,19D,20D,21D,22D. The first-order valence-electron chi connectivity index (χ1n) is 20.0. The molecule has 0 amide bonds. The molecule has 10 aromatic rings. The normalized spacial score (nSPS) is 15.1. The molecule has 0 radical (unpaired) electrons. The highest BCUT2D eigenvalue weighted by molar-refractivity contribution is 6.26. The number of benzene rings is 10. The van der Waals surface area contributed by atoms with Crippen molar-refractivity contribution in [1.82, 2.24) is 0 Å². The van der Waals surface area contributed by atoms with E-state index in [-0.39, 0.29) is 68.1 Å². The van der Waals surface area contributed by atoms with Crippen LogP contribution in [0.2, 0.25) is 0 Å². The van der Waals surface area contributed by atoms with Crippen LogP contribution in [0.1, 0.15) is 12.3 Å². The maximum absolute atomic E-state index is 9.40. The smallest absolute Gasteiger partial charge is 0.143 e. The molecule has 0 saturated heterocycles. The van der Waals surface area contributed by atoms with Crippen LogP contribution in [0.4, 0.5) is 0 Å². The van der Waals surface area contributed by atoms with Crippen molar-refractivity contribution in [3.63, 3.8) is 0 Å². The Labute approximate surface area is 283 Å². The summed E-state index contributed by atoms with van der Waals surface area (Å²) in [5.41, 5.74) is 4.74. The zero-order chi connectivity index (χ0) is 38.5. The zero-order valence-electron chi connectivity index (χ0n) is 33.7. The van der Waals surface area contributed by atoms with Gasteiger partial charge in [0.1, 0.15) is 11.5 Å². The fourth-order valence-electron chi connectivity index (χ4n) is 7.53. The summed E-state index contributed by atoms with van der Waals surface area (Å²) in [5.74, 6) is 1.60. The van der Waals surface area contributed by atoms with Gasteiger partial charge in [-0.3, -0.25) is 0 Å². The molecule has 47 heavy (non-hydrogen) atoms. The van der Waals surface area contributed by atoms with Crippen LogP contribution in [-0.4, -0.2) is 0 Å². The van der Waals surface area contributed by atoms with Gasteiger partial charge in [0.05, 0.1) is 12.3 Å². The molecule has 0 fully saturated rings. The Morgan fingerprint density at radius 1 is 0.383 bits per heavy atom. The lowest BCUT2D eigenvalue weighted by atomic mass is 9.87. The first-order valence-corrected chi connectivity index (χ1v) is 15.5. The van der Waals surface area contributed by atoms with Crippen molar-refractivity contribution >= 4 is 64.6 Å². The average molecular weight is 604 g/mol. The number of hydrogen-bond donors (Lipinski definition) is 0. The van der Waals surface area contributed by atoms with E-state index < -0.39 is 24.2 Å². The molecule has 0 atom stereocenters. The van der Waals surface area contributed by atoms with Gasteiger partial charge in [0.25, 0.3) is 0 Å². The zero-order valence-corrected chi connectivity index (χ0v) is 24.7. The van der Waals surface area contributed by atoms with Crippen molar-refractivity contribution < 1.29 is 17.1 Å². The molecule has 0 saturated carbocycles. The van der Waals surface area contributed by atoms with E-state index in [1.165, 1.54) is 0 Å². The van der Waals surface area contributed by atoms with Crippen molar-refractivity contribution in [3.05, 3.63) is 158 Å². The van der Waals surface area contributed by atoms with Gasteiger partial charge >= 0.3 is 0 Å². The van der Waals surface area contributed by atoms with Gasteiger partial charge in [-0.25, -0.2) is 0 Å². The van der Waals surface area contributed by atoms with E-state index in [0.717, 1.165) is 66.1 Å². The Hall–Kier alpha value is -6.18. The van der Waals surface area contributed by atoms with Crippen LogP contribution in [-0.2, 0) is 0 Å². The molecule has 0 N–H and O–H groups in total. The fourth-order valence-corrected chi connectivity index (χ4v) is 7.53. The quantitative estimate of drug-likeness (QED) is 0.179. The highest BCUT2D eigenvalue weighted by Crippen LogP contribution is 2.51. The summed E-state index contributed by atoms with van der Waals surface area (Å²) in [6, 6.07) is 31.1. The van der Waals surface area contributed by atoms with Crippen LogP contribution in [0.15, 0.2) is 158 Å². The third-order valence-corrected chi connectivity index (χ3v) is 9.66. The van der Waals surface area contributed by atoms with E-state index in [4.69, 9.17) is 13.0 Å². The molecule has 0 unspecified atom stereocenters. The number of ether oxygens (including phenoxy) is 1. The third kappa shape index (κ3) is 3.43. The second-order valence-corrected chi connectivity index (χ2v) is 12.1. The molecular weight excluding hydrogens is 569 g/mol. The second-order valence-electron chi connectivity index (χ2n) is 12.1. The molecule has 1 heterocycles. The highest BCUT2D eigenvalue weighted by atomic mass is 16.5. The van der Waals surface area contributed by atoms with E-state index >= 15 is 0 Å². The molecule has 0 aromatic heterocycles. The minimum atomic E-state index is -0.492. The predicted molar refractivity (Wildman–Crippen MR) is 199 cm³/mol. The van der Waals surface area contributed by atoms with Gasteiger partial charge in [-0.2, -0.15) is 0 Å². The monoisotopic (exact) mass is 603 g/mol. The first kappa shape index (κ1) is 18.1. The molecule has 1 nitrogen and oxygen atoms in total. The first-order chi connectivity index (χ1) is 27.1. The molecule has 11 rings (SSSR count). The van der Waals surface area contributed by atoms with E-state index in [1.807, 2.05) is 54.6 Å². The minimum absolute atomic E-state index is 0.0391. The molecular formula is C46H26O. The lowest BCUT2D eigenvalue weighted by molar-refractivity contribution is 0.493. The Balaban J connectivity index is 1.20. The van der Waals surface area contributed by atoms with Gasteiger partial charge in [-0.05, 0) is 99.9 Å². The van der Waals surface area contributed by atoms with E-state index in [1.54, 1.807) is 0 Å². The third-order valence-electron chi connectivity index (χ3n) is 9.66. The Morgan fingerprint density at radius 2 is 1.09 bits per heavy atom. The van der Waals surface area contributed by atoms with Gasteiger partial charge in [-0.1, -0.05) is 139 Å². The molecule has 0 aliphatic carbocycles.